The Morgan fingerprint density at radius 1 is 1.42 bits per heavy atom. The Kier molecular flexibility index (Phi) is 6.16. The van der Waals surface area contributed by atoms with Crippen molar-refractivity contribution >= 4 is 11.8 Å². The summed E-state index contributed by atoms with van der Waals surface area (Å²) in [5.74, 6) is -1.12. The van der Waals surface area contributed by atoms with Crippen molar-refractivity contribution < 1.29 is 20.2 Å². The van der Waals surface area contributed by atoms with Crippen molar-refractivity contribution in [1.82, 2.24) is 4.90 Å². The highest BCUT2D eigenvalue weighted by Crippen LogP contribution is 2.28. The number of oxime groups is 1. The Balaban J connectivity index is 2.07. The fourth-order valence-corrected chi connectivity index (χ4v) is 3.45. The van der Waals surface area contributed by atoms with Crippen LogP contribution >= 0.6 is 0 Å². The molecule has 1 fully saturated rings. The zero-order chi connectivity index (χ0) is 17.7. The van der Waals surface area contributed by atoms with Crippen LogP contribution in [0.15, 0.2) is 29.4 Å². The highest BCUT2D eigenvalue weighted by molar-refractivity contribution is 5.96. The van der Waals surface area contributed by atoms with Crippen LogP contribution in [-0.4, -0.2) is 51.3 Å². The average molecular weight is 335 g/mol. The van der Waals surface area contributed by atoms with Gasteiger partial charge in [0.1, 0.15) is 0 Å². The Bertz CT molecular complexity index is 588. The third kappa shape index (κ3) is 4.04. The maximum absolute atomic E-state index is 11.4. The molecule has 132 valence electrons. The number of carboxylic acids is 1. The van der Waals surface area contributed by atoms with Gasteiger partial charge in [-0.3, -0.25) is 9.69 Å². The van der Waals surface area contributed by atoms with Crippen molar-refractivity contribution in [2.24, 2.45) is 16.8 Å². The summed E-state index contributed by atoms with van der Waals surface area (Å²) in [7, 11) is 0. The molecule has 0 aliphatic carbocycles. The monoisotopic (exact) mass is 335 g/mol. The summed E-state index contributed by atoms with van der Waals surface area (Å²) in [6, 6.07) is 6.78. The number of β-amino-alcohol motifs (C(OH)–C–C–N with tert-alkyl or cyclic N) is 1. The maximum Gasteiger partial charge on any atom is 0.308 e. The zero-order valence-corrected chi connectivity index (χ0v) is 13.8. The van der Waals surface area contributed by atoms with Crippen LogP contribution in [0.1, 0.15) is 43.4 Å². The predicted molar refractivity (Wildman–Crippen MR) is 89.9 cm³/mol. The van der Waals surface area contributed by atoms with Gasteiger partial charge in [-0.05, 0) is 31.4 Å². The number of likely N-dealkylation sites (tertiary alicyclic amines) is 1. The summed E-state index contributed by atoms with van der Waals surface area (Å²) in [5, 5.41) is 31.5. The summed E-state index contributed by atoms with van der Waals surface area (Å²) in [5.41, 5.74) is 6.82. The van der Waals surface area contributed by atoms with Crippen molar-refractivity contribution in [3.8, 4) is 0 Å². The normalized spacial score (nSPS) is 23.8. The highest BCUT2D eigenvalue weighted by Gasteiger charge is 2.35. The molecule has 1 aliphatic rings. The molecular formula is C17H25N3O4. The summed E-state index contributed by atoms with van der Waals surface area (Å²) in [6.07, 6.45) is 1.54. The molecule has 0 radical (unpaired) electrons. The molecule has 7 nitrogen and oxygen atoms in total. The van der Waals surface area contributed by atoms with E-state index in [2.05, 4.69) is 10.1 Å². The first kappa shape index (κ1) is 18.2. The maximum atomic E-state index is 11.4. The molecule has 24 heavy (non-hydrogen) atoms. The molecule has 1 aromatic carbocycles. The van der Waals surface area contributed by atoms with Gasteiger partial charge in [0.15, 0.2) is 5.84 Å². The second-order valence-electron chi connectivity index (χ2n) is 6.18. The number of benzene rings is 1. The minimum absolute atomic E-state index is 0.0161. The van der Waals surface area contributed by atoms with Crippen LogP contribution in [0.3, 0.4) is 0 Å². The van der Waals surface area contributed by atoms with Crippen molar-refractivity contribution in [1.29, 1.82) is 0 Å². The molecule has 0 amide bonds. The van der Waals surface area contributed by atoms with Crippen molar-refractivity contribution in [3.05, 3.63) is 35.4 Å². The number of hydrogen-bond acceptors (Lipinski definition) is 5. The number of nitrogens with zero attached hydrogens (tertiary/aromatic N) is 2. The van der Waals surface area contributed by atoms with Crippen LogP contribution in [0.5, 0.6) is 0 Å². The molecule has 7 heteroatoms. The molecule has 0 aromatic heterocycles. The summed E-state index contributed by atoms with van der Waals surface area (Å²) >= 11 is 0. The minimum Gasteiger partial charge on any atom is -0.481 e. The van der Waals surface area contributed by atoms with Gasteiger partial charge in [0.2, 0.25) is 0 Å². The van der Waals surface area contributed by atoms with E-state index in [1.165, 1.54) is 0 Å². The molecule has 0 bridgehead atoms. The van der Waals surface area contributed by atoms with E-state index in [-0.39, 0.29) is 17.8 Å². The van der Waals surface area contributed by atoms with Gasteiger partial charge < -0.3 is 21.2 Å². The topological polar surface area (TPSA) is 119 Å². The van der Waals surface area contributed by atoms with Crippen LogP contribution in [0.2, 0.25) is 0 Å². The standard InChI is InChI=1S/C17H25N3O4/c1-2-14-13(17(22)23)4-3-9-20(14)10-15(21)11-5-7-12(8-6-11)16(18)19-24/h5-8,13-15,21,24H,2-4,9-10H2,1H3,(H2,18,19)(H,22,23)/t13?,14-,15+/m0/s1. The second-order valence-corrected chi connectivity index (χ2v) is 6.18. The first-order valence-corrected chi connectivity index (χ1v) is 8.20. The number of carbonyl (C=O) groups is 1. The van der Waals surface area contributed by atoms with Gasteiger partial charge in [0.25, 0.3) is 0 Å². The van der Waals surface area contributed by atoms with Gasteiger partial charge in [-0.15, -0.1) is 0 Å². The number of carboxylic acid groups (broad SMARTS) is 1. The van der Waals surface area contributed by atoms with Crippen molar-refractivity contribution in [2.75, 3.05) is 13.1 Å². The molecule has 5 N–H and O–H groups in total. The van der Waals surface area contributed by atoms with Gasteiger partial charge in [-0.2, -0.15) is 0 Å². The third-order valence-electron chi connectivity index (χ3n) is 4.74. The smallest absolute Gasteiger partial charge is 0.308 e. The second kappa shape index (κ2) is 8.12. The summed E-state index contributed by atoms with van der Waals surface area (Å²) in [6.45, 7) is 3.17. The average Bonchev–Trinajstić information content (AvgIpc) is 2.60. The lowest BCUT2D eigenvalue weighted by atomic mass is 9.87. The SMILES string of the molecule is CC[C@H]1C(C(=O)O)CCCN1C[C@@H](O)c1ccc(C(N)=NO)cc1. The van der Waals surface area contributed by atoms with Crippen LogP contribution in [0, 0.1) is 5.92 Å². The lowest BCUT2D eigenvalue weighted by molar-refractivity contribution is -0.146. The molecule has 0 saturated carbocycles. The van der Waals surface area contributed by atoms with E-state index in [9.17, 15) is 15.0 Å². The number of aliphatic carboxylic acids is 1. The van der Waals surface area contributed by atoms with Crippen LogP contribution in [0.25, 0.3) is 0 Å². The van der Waals surface area contributed by atoms with E-state index in [4.69, 9.17) is 10.9 Å². The van der Waals surface area contributed by atoms with Crippen molar-refractivity contribution in [2.45, 2.75) is 38.3 Å². The Morgan fingerprint density at radius 2 is 2.08 bits per heavy atom. The Morgan fingerprint density at radius 3 is 2.62 bits per heavy atom. The van der Waals surface area contributed by atoms with E-state index in [1.807, 2.05) is 6.92 Å². The molecule has 1 unspecified atom stereocenters. The Hall–Kier alpha value is -2.12. The number of rotatable bonds is 6. The summed E-state index contributed by atoms with van der Waals surface area (Å²) < 4.78 is 0. The molecule has 1 aromatic rings. The minimum atomic E-state index is -0.760. The predicted octanol–water partition coefficient (Wildman–Crippen LogP) is 1.39. The van der Waals surface area contributed by atoms with E-state index in [0.29, 0.717) is 18.5 Å². The lowest BCUT2D eigenvalue weighted by Gasteiger charge is -2.40. The number of aliphatic hydroxyl groups is 1. The first-order chi connectivity index (χ1) is 11.5. The molecular weight excluding hydrogens is 310 g/mol. The van der Waals surface area contributed by atoms with Gasteiger partial charge in [-0.25, -0.2) is 0 Å². The van der Waals surface area contributed by atoms with E-state index in [1.54, 1.807) is 24.3 Å². The molecule has 3 atom stereocenters. The number of piperidine rings is 1. The van der Waals surface area contributed by atoms with Crippen LogP contribution in [-0.2, 0) is 4.79 Å². The molecule has 1 heterocycles. The Labute approximate surface area is 141 Å². The van der Waals surface area contributed by atoms with Gasteiger partial charge >= 0.3 is 5.97 Å². The first-order valence-electron chi connectivity index (χ1n) is 8.20. The fraction of sp³-hybridized carbons (Fsp3) is 0.529. The number of aliphatic hydroxyl groups excluding tert-OH is 1. The quantitative estimate of drug-likeness (QED) is 0.270. The number of hydrogen-bond donors (Lipinski definition) is 4. The van der Waals surface area contributed by atoms with Gasteiger partial charge in [0.05, 0.1) is 12.0 Å². The number of nitrogens with two attached hydrogens (primary N) is 1. The van der Waals surface area contributed by atoms with E-state index < -0.39 is 12.1 Å². The fourth-order valence-electron chi connectivity index (χ4n) is 3.45. The molecule has 0 spiro atoms. The van der Waals surface area contributed by atoms with E-state index >= 15 is 0 Å². The van der Waals surface area contributed by atoms with Gasteiger partial charge in [-0.1, -0.05) is 36.3 Å². The van der Waals surface area contributed by atoms with Crippen LogP contribution < -0.4 is 5.73 Å². The number of amidine groups is 1. The zero-order valence-electron chi connectivity index (χ0n) is 13.8. The lowest BCUT2D eigenvalue weighted by Crippen LogP contribution is -2.49. The molecule has 2 rings (SSSR count). The molecule has 1 aliphatic heterocycles. The molecule has 1 saturated heterocycles. The van der Waals surface area contributed by atoms with E-state index in [0.717, 1.165) is 24.9 Å². The highest BCUT2D eigenvalue weighted by atomic mass is 16.4. The van der Waals surface area contributed by atoms with Crippen molar-refractivity contribution in [3.63, 3.8) is 0 Å². The third-order valence-corrected chi connectivity index (χ3v) is 4.74. The van der Waals surface area contributed by atoms with Crippen LogP contribution in [0.4, 0.5) is 0 Å². The summed E-state index contributed by atoms with van der Waals surface area (Å²) in [4.78, 5) is 13.5. The van der Waals surface area contributed by atoms with Gasteiger partial charge in [0, 0.05) is 18.2 Å². The largest absolute Gasteiger partial charge is 0.481 e.